The van der Waals surface area contributed by atoms with Gasteiger partial charge in [0.15, 0.2) is 41.5 Å². The average molecular weight is 1810 g/mol. The van der Waals surface area contributed by atoms with Gasteiger partial charge in [0.05, 0.1) is 141 Å². The van der Waals surface area contributed by atoms with Crippen molar-refractivity contribution in [3.63, 3.8) is 0 Å². The number of fused-ring (bicyclic) bond motifs is 5. The number of halogens is 1. The summed E-state index contributed by atoms with van der Waals surface area (Å²) < 4.78 is 67.5. The number of carbonyl (C=O) groups is 15. The van der Waals surface area contributed by atoms with Crippen molar-refractivity contribution in [3.05, 3.63) is 71.5 Å². The van der Waals surface area contributed by atoms with Gasteiger partial charge < -0.3 is 117 Å². The summed E-state index contributed by atoms with van der Waals surface area (Å²) in [5.41, 5.74) is 17.4. The van der Waals surface area contributed by atoms with Crippen molar-refractivity contribution in [2.24, 2.45) is 45.1 Å². The van der Waals surface area contributed by atoms with E-state index in [4.69, 9.17) is 69.4 Å². The summed E-state index contributed by atoms with van der Waals surface area (Å²) in [7, 11) is 1.97. The number of ketones is 5. The van der Waals surface area contributed by atoms with Crippen LogP contribution in [0.3, 0.4) is 0 Å². The number of primary amides is 1. The smallest absolute Gasteiger partial charge is 0.304 e. The molecule has 0 aliphatic carbocycles. The number of amides is 9. The molecule has 0 radical (unpaired) electrons. The molecule has 2 fully saturated rings. The molecule has 40 nitrogen and oxygen atoms in total. The molecule has 0 aromatic heterocycles. The first kappa shape index (κ1) is 107. The minimum Gasteiger partial charge on any atom is -0.481 e. The van der Waals surface area contributed by atoms with E-state index >= 15 is 0 Å². The first-order chi connectivity index (χ1) is 59.8. The highest BCUT2D eigenvalue weighted by atomic mass is 33.1. The van der Waals surface area contributed by atoms with Gasteiger partial charge in [0.2, 0.25) is 47.3 Å². The maximum atomic E-state index is 14.9. The number of benzene rings is 2. The number of nitrogens with two attached hydrogens (primary N) is 3. The highest BCUT2D eigenvalue weighted by molar-refractivity contribution is 8.76. The monoisotopic (exact) mass is 1810 g/mol. The Balaban J connectivity index is 1.35. The molecule has 0 saturated carbocycles. The van der Waals surface area contributed by atoms with Crippen molar-refractivity contribution in [2.45, 2.75) is 114 Å². The summed E-state index contributed by atoms with van der Waals surface area (Å²) in [5, 5.41) is 35.0. The number of guanidine groups is 1. The fraction of sp³-hybridized carbons (Fsp3) is 0.637. The predicted octanol–water partition coefficient (Wildman–Crippen LogP) is -1.26. The van der Waals surface area contributed by atoms with Crippen molar-refractivity contribution in [1.82, 2.24) is 42.5 Å². The minimum absolute atomic E-state index is 0.00837. The van der Waals surface area contributed by atoms with Crippen molar-refractivity contribution in [1.29, 1.82) is 0 Å². The molecular weight excluding hydrogens is 1690 g/mol. The Morgan fingerprint density at radius 3 is 1.60 bits per heavy atom. The van der Waals surface area contributed by atoms with E-state index in [1.54, 1.807) is 30.3 Å². The van der Waals surface area contributed by atoms with Crippen molar-refractivity contribution in [2.75, 3.05) is 194 Å². The number of carbonyl (C=O) groups excluding carboxylic acids is 14. The molecule has 15 N–H and O–H groups in total. The van der Waals surface area contributed by atoms with Crippen LogP contribution in [0.25, 0.3) is 0 Å². The number of oxime groups is 1. The Morgan fingerprint density at radius 2 is 1.03 bits per heavy atom. The Labute approximate surface area is 731 Å². The molecule has 2 heterocycles. The molecule has 2 aromatic rings. The summed E-state index contributed by atoms with van der Waals surface area (Å²) in [6.07, 6.45) is -0.129. The van der Waals surface area contributed by atoms with Gasteiger partial charge in [-0.1, -0.05) is 69.2 Å². The van der Waals surface area contributed by atoms with Crippen LogP contribution in [-0.4, -0.2) is 324 Å². The highest BCUT2D eigenvalue weighted by Crippen LogP contribution is 2.28. The van der Waals surface area contributed by atoms with Crippen LogP contribution < -0.4 is 59.7 Å². The third kappa shape index (κ3) is 53.2. The molecule has 2 aromatic carbocycles. The normalized spacial score (nSPS) is 18.7. The number of hydrogen-bond acceptors (Lipinski definition) is 31. The number of rotatable bonds is 58. The molecule has 7 atom stereocenters. The SMILES string of the molecule is NC(=O)COCC(=O)CCCOCCOCCOCCCC(=O)[C@@H]1CSCC(=O)N[C@@H](CCCCNC(=O)COCC(=O)NCCOCCOCCOCCOCCOCCNC(=O)CON=Cc2ccc([18F])cc2)C(=O)N[C@H]2CSSC[C@H](NC(=O)[C@H](CC(=O)O)CC(=O)CNC(=O)[C@H](CCCN=C(N)N)CC2=O)C(=O)C[C@@H](Cc2ccccc2)C(=O)N1. The van der Waals surface area contributed by atoms with E-state index in [2.05, 4.69) is 52.7 Å². The van der Waals surface area contributed by atoms with E-state index < -0.39 is 164 Å². The number of aliphatic imine (C=N–C) groups is 1. The number of carboxylic acids is 1. The quantitative estimate of drug-likeness (QED) is 0.0121. The number of Topliss-reactive ketones (excluding diaryl/α,β-unsaturated/α-hetero) is 5. The van der Waals surface area contributed by atoms with Crippen LogP contribution in [0.2, 0.25) is 0 Å². The molecule has 2 aliphatic heterocycles. The van der Waals surface area contributed by atoms with E-state index in [0.29, 0.717) is 57.2 Å². The molecular formula is C80H120FN13O27S3. The van der Waals surface area contributed by atoms with Gasteiger partial charge in [-0.25, -0.2) is 4.39 Å². The number of unbranched alkanes of at least 4 members (excludes halogenated alkanes) is 1. The van der Waals surface area contributed by atoms with Crippen LogP contribution in [0.15, 0.2) is 64.7 Å². The molecule has 0 spiro atoms. The topological polar surface area (TPSA) is 577 Å². The van der Waals surface area contributed by atoms with Crippen LogP contribution in [0.4, 0.5) is 4.39 Å². The Kier molecular flexibility index (Phi) is 58.1. The van der Waals surface area contributed by atoms with Gasteiger partial charge in [-0.3, -0.25) is 76.9 Å². The Bertz CT molecular complexity index is 3660. The lowest BCUT2D eigenvalue weighted by Crippen LogP contribution is -2.53. The number of carboxylic acid groups (broad SMARTS) is 1. The first-order valence-electron chi connectivity index (χ1n) is 40.8. The van der Waals surface area contributed by atoms with Crippen molar-refractivity contribution < 1.29 is 134 Å². The van der Waals surface area contributed by atoms with Gasteiger partial charge in [0.1, 0.15) is 38.3 Å². The lowest BCUT2D eigenvalue weighted by Gasteiger charge is -2.26. The second kappa shape index (κ2) is 67.2. The fourth-order valence-corrected chi connectivity index (χ4v) is 14.8. The molecule has 692 valence electrons. The van der Waals surface area contributed by atoms with Crippen molar-refractivity contribution >= 4 is 134 Å². The van der Waals surface area contributed by atoms with Gasteiger partial charge >= 0.3 is 5.97 Å². The zero-order chi connectivity index (χ0) is 90.2. The number of aliphatic carboxylic acids is 1. The van der Waals surface area contributed by atoms with E-state index in [-0.39, 0.29) is 216 Å². The molecule has 2 bridgehead atoms. The van der Waals surface area contributed by atoms with Crippen LogP contribution in [0.1, 0.15) is 94.6 Å². The molecule has 44 heteroatoms. The lowest BCUT2D eigenvalue weighted by atomic mass is 9.90. The third-order valence-corrected chi connectivity index (χ3v) is 21.4. The van der Waals surface area contributed by atoms with Gasteiger partial charge in [0.25, 0.3) is 5.91 Å². The number of nitrogens with one attached hydrogen (secondary N) is 8. The van der Waals surface area contributed by atoms with Gasteiger partial charge in [0, 0.05) is 101 Å². The third-order valence-electron chi connectivity index (χ3n) is 17.9. The molecule has 2 saturated heterocycles. The Hall–Kier alpha value is -9.19. The van der Waals surface area contributed by atoms with Crippen LogP contribution in [-0.2, 0) is 131 Å². The summed E-state index contributed by atoms with van der Waals surface area (Å²) >= 11 is 0.944. The van der Waals surface area contributed by atoms with Gasteiger partial charge in [-0.2, -0.15) is 0 Å². The predicted molar refractivity (Wildman–Crippen MR) is 453 cm³/mol. The van der Waals surface area contributed by atoms with E-state index in [1.807, 2.05) is 0 Å². The molecule has 2 aliphatic rings. The number of thioether (sulfide) groups is 1. The molecule has 124 heavy (non-hydrogen) atoms. The zero-order valence-corrected chi connectivity index (χ0v) is 72.2. The zero-order valence-electron chi connectivity index (χ0n) is 69.7. The van der Waals surface area contributed by atoms with Crippen LogP contribution in [0, 0.1) is 23.6 Å². The summed E-state index contributed by atoms with van der Waals surface area (Å²) in [5.74, 6) is -16.0. The first-order valence-corrected chi connectivity index (χ1v) is 44.5. The van der Waals surface area contributed by atoms with E-state index in [1.165, 1.54) is 30.5 Å². The fourth-order valence-electron chi connectivity index (χ4n) is 11.6. The molecule has 0 unspecified atom stereocenters. The second-order valence-corrected chi connectivity index (χ2v) is 31.8. The highest BCUT2D eigenvalue weighted by Gasteiger charge is 2.36. The van der Waals surface area contributed by atoms with Crippen molar-refractivity contribution in [3.8, 4) is 0 Å². The standard InChI is InChI=1S/C80H120FN13O27S3/c81-60-17-15-56(16-18-60)44-90-121-50-73(103)87-22-26-114-30-34-117-36-38-118-37-35-116-33-29-113-25-21-86-72(102)49-120-48-71(101)85-19-5-4-13-63-79(110)94-66-53-124-123-52-65(93-78(109)59(43-75(105)106)40-62(96)45-89-76(107)57(41-68(66)98)11-6-20-88-80(83)84)69(99)42-58(39-55-9-2-1-3-10-55)77(108)92-64(51-122-54-74(104)91-63)67(97)14-8-24-112-28-32-115-31-27-111-23-7-12-61(95)46-119-47-70(82)100/h1-3,9-10,15-18,44,57-59,63-66H,4-8,11-14,19-43,45-54H2,(H2,82,100)(H,85,101)(H,86,102)(H,87,103)(H,89,107)(H,91,104)(H,92,108)(H,93,109)(H,94,110)(H,105,106)(H4,83,84,88)/t57-,58-,59+,63+,64+,65+,66+/m1/s1/i81-1. The number of ether oxygens (including phenoxy) is 10. The minimum atomic E-state index is -1.55. The summed E-state index contributed by atoms with van der Waals surface area (Å²) in [6, 6.07) is 8.74. The Morgan fingerprint density at radius 1 is 0.508 bits per heavy atom. The number of nitrogens with zero attached hydrogens (tertiary/aromatic N) is 2. The number of hydrogen-bond donors (Lipinski definition) is 12. The maximum absolute atomic E-state index is 14.9. The lowest BCUT2D eigenvalue weighted by molar-refractivity contribution is -0.142. The average Bonchev–Trinajstić information content (AvgIpc) is 0.978. The van der Waals surface area contributed by atoms with Crippen LogP contribution >= 0.6 is 33.3 Å². The molecule has 9 amide bonds. The largest absolute Gasteiger partial charge is 0.481 e. The van der Waals surface area contributed by atoms with Gasteiger partial charge in [-0.05, 0) is 74.6 Å². The maximum Gasteiger partial charge on any atom is 0.304 e. The van der Waals surface area contributed by atoms with E-state index in [0.717, 1.165) is 33.3 Å². The van der Waals surface area contributed by atoms with E-state index in [9.17, 15) is 81.4 Å². The molecule has 4 rings (SSSR count). The summed E-state index contributed by atoms with van der Waals surface area (Å²) in [4.78, 5) is 211. The van der Waals surface area contributed by atoms with Gasteiger partial charge in [-0.15, -0.1) is 11.8 Å². The summed E-state index contributed by atoms with van der Waals surface area (Å²) in [6.45, 7) is 1.97. The van der Waals surface area contributed by atoms with Crippen LogP contribution in [0.5, 0.6) is 0 Å². The second-order valence-electron chi connectivity index (χ2n) is 28.2.